The largest absolute Gasteiger partial charge is 0.478 e. The summed E-state index contributed by atoms with van der Waals surface area (Å²) in [5.41, 5.74) is 0.512. The highest BCUT2D eigenvalue weighted by molar-refractivity contribution is 7.91. The van der Waals surface area contributed by atoms with Crippen molar-refractivity contribution in [2.24, 2.45) is 4.36 Å². The number of para-hydroxylation sites is 1. The van der Waals surface area contributed by atoms with Crippen LogP contribution in [-0.4, -0.2) is 46.8 Å². The Morgan fingerprint density at radius 1 is 1.24 bits per heavy atom. The summed E-state index contributed by atoms with van der Waals surface area (Å²) < 4.78 is 25.7. The number of aromatic carboxylic acids is 1. The highest BCUT2D eigenvalue weighted by atomic mass is 32.2. The van der Waals surface area contributed by atoms with Crippen molar-refractivity contribution in [3.8, 4) is 11.5 Å². The van der Waals surface area contributed by atoms with Crippen LogP contribution < -0.4 is 10.1 Å². The fourth-order valence-corrected chi connectivity index (χ4v) is 4.58. The number of anilines is 1. The standard InChI is InChI=1S/C21H29N3O4S/c1-5-7-13-23-18-14-16(21(25)26)15-19(29(27,22-3)24(4)6-2)20(18)28-17-11-9-8-10-12-17/h8-12,14-15,23H,5-7,13H2,1-4H3,(H,25,26). The summed E-state index contributed by atoms with van der Waals surface area (Å²) >= 11 is 0. The molecule has 0 radical (unpaired) electrons. The van der Waals surface area contributed by atoms with Crippen molar-refractivity contribution in [2.45, 2.75) is 31.6 Å². The lowest BCUT2D eigenvalue weighted by Gasteiger charge is -2.24. The minimum atomic E-state index is -3.06. The molecule has 2 N–H and O–H groups in total. The summed E-state index contributed by atoms with van der Waals surface area (Å²) in [5.74, 6) is -0.214. The van der Waals surface area contributed by atoms with Crippen molar-refractivity contribution in [1.29, 1.82) is 0 Å². The third-order valence-corrected chi connectivity index (χ3v) is 6.99. The molecular weight excluding hydrogens is 390 g/mol. The van der Waals surface area contributed by atoms with Gasteiger partial charge < -0.3 is 15.2 Å². The molecule has 1 atom stereocenters. The van der Waals surface area contributed by atoms with Crippen LogP contribution in [0.2, 0.25) is 0 Å². The molecule has 7 nitrogen and oxygen atoms in total. The van der Waals surface area contributed by atoms with E-state index in [2.05, 4.69) is 16.6 Å². The second-order valence-electron chi connectivity index (χ2n) is 6.47. The molecule has 0 spiro atoms. The topological polar surface area (TPSA) is 91.2 Å². The first-order chi connectivity index (χ1) is 13.9. The molecule has 0 fully saturated rings. The summed E-state index contributed by atoms with van der Waals surface area (Å²) in [7, 11) is 0.100. The molecule has 0 saturated carbocycles. The van der Waals surface area contributed by atoms with E-state index in [9.17, 15) is 14.1 Å². The van der Waals surface area contributed by atoms with Crippen LogP contribution in [0.25, 0.3) is 0 Å². The molecule has 29 heavy (non-hydrogen) atoms. The zero-order valence-electron chi connectivity index (χ0n) is 17.3. The van der Waals surface area contributed by atoms with Gasteiger partial charge in [0.15, 0.2) is 5.75 Å². The quantitative estimate of drug-likeness (QED) is 0.544. The Morgan fingerprint density at radius 2 is 1.93 bits per heavy atom. The zero-order valence-corrected chi connectivity index (χ0v) is 18.2. The average Bonchev–Trinajstić information content (AvgIpc) is 2.74. The van der Waals surface area contributed by atoms with Crippen LogP contribution in [0.4, 0.5) is 5.69 Å². The molecule has 0 heterocycles. The molecule has 2 aromatic carbocycles. The molecule has 0 aromatic heterocycles. The number of carboxylic acids is 1. The molecule has 0 bridgehead atoms. The summed E-state index contributed by atoms with van der Waals surface area (Å²) in [6.45, 7) is 5.04. The van der Waals surface area contributed by atoms with Gasteiger partial charge in [-0.1, -0.05) is 38.5 Å². The van der Waals surface area contributed by atoms with Crippen molar-refractivity contribution >= 4 is 21.6 Å². The van der Waals surface area contributed by atoms with E-state index < -0.39 is 15.9 Å². The third-order valence-electron chi connectivity index (χ3n) is 4.51. The van der Waals surface area contributed by atoms with E-state index in [1.165, 1.54) is 19.2 Å². The fraction of sp³-hybridized carbons (Fsp3) is 0.381. The Morgan fingerprint density at radius 3 is 2.48 bits per heavy atom. The highest BCUT2D eigenvalue weighted by Crippen LogP contribution is 2.39. The Labute approximate surface area is 173 Å². The van der Waals surface area contributed by atoms with Crippen LogP contribution in [0.5, 0.6) is 11.5 Å². The minimum Gasteiger partial charge on any atom is -0.478 e. The van der Waals surface area contributed by atoms with Crippen molar-refractivity contribution in [1.82, 2.24) is 4.31 Å². The first-order valence-electron chi connectivity index (χ1n) is 9.62. The lowest BCUT2D eigenvalue weighted by molar-refractivity contribution is 0.0696. The van der Waals surface area contributed by atoms with Gasteiger partial charge in [-0.25, -0.2) is 17.7 Å². The van der Waals surface area contributed by atoms with Gasteiger partial charge in [0.2, 0.25) is 0 Å². The van der Waals surface area contributed by atoms with Gasteiger partial charge in [0.1, 0.15) is 20.6 Å². The lowest BCUT2D eigenvalue weighted by Crippen LogP contribution is -2.27. The van der Waals surface area contributed by atoms with Gasteiger partial charge in [-0.15, -0.1) is 0 Å². The normalized spacial score (nSPS) is 13.0. The number of nitrogens with one attached hydrogen (secondary N) is 1. The molecule has 2 aromatic rings. The number of hydrogen-bond acceptors (Lipinski definition) is 5. The van der Waals surface area contributed by atoms with Gasteiger partial charge in [-0.2, -0.15) is 0 Å². The molecule has 0 amide bonds. The van der Waals surface area contributed by atoms with E-state index in [1.54, 1.807) is 23.5 Å². The van der Waals surface area contributed by atoms with E-state index in [4.69, 9.17) is 4.74 Å². The fourth-order valence-electron chi connectivity index (χ4n) is 2.75. The van der Waals surface area contributed by atoms with E-state index >= 15 is 0 Å². The van der Waals surface area contributed by atoms with Crippen molar-refractivity contribution in [3.63, 3.8) is 0 Å². The van der Waals surface area contributed by atoms with Crippen molar-refractivity contribution < 1.29 is 18.8 Å². The SMILES string of the molecule is CCCCNc1cc(C(=O)O)cc(S(=O)(=NC)N(C)CC)c1Oc1ccccc1. The third kappa shape index (κ3) is 5.27. The number of carboxylic acid groups (broad SMARTS) is 1. The van der Waals surface area contributed by atoms with Crippen LogP contribution >= 0.6 is 0 Å². The molecule has 0 aliphatic rings. The average molecular weight is 420 g/mol. The van der Waals surface area contributed by atoms with Gasteiger partial charge in [-0.3, -0.25) is 0 Å². The van der Waals surface area contributed by atoms with Gasteiger partial charge in [0.25, 0.3) is 0 Å². The molecule has 1 unspecified atom stereocenters. The number of benzene rings is 2. The Bertz CT molecular complexity index is 954. The Balaban J connectivity index is 2.76. The van der Waals surface area contributed by atoms with Crippen LogP contribution in [0, 0.1) is 0 Å². The first-order valence-corrected chi connectivity index (χ1v) is 11.1. The van der Waals surface area contributed by atoms with Crippen LogP contribution in [0.1, 0.15) is 37.0 Å². The number of unbranched alkanes of at least 4 members (excludes halogenated alkanes) is 1. The van der Waals surface area contributed by atoms with Crippen molar-refractivity contribution in [2.75, 3.05) is 32.5 Å². The molecule has 0 aliphatic carbocycles. The zero-order chi connectivity index (χ0) is 21.4. The van der Waals surface area contributed by atoms with Crippen LogP contribution in [0.3, 0.4) is 0 Å². The number of nitrogens with zero attached hydrogens (tertiary/aromatic N) is 2. The maximum absolute atomic E-state index is 13.8. The van der Waals surface area contributed by atoms with Gasteiger partial charge in [-0.05, 0) is 30.7 Å². The summed E-state index contributed by atoms with van der Waals surface area (Å²) in [6, 6.07) is 12.0. The maximum atomic E-state index is 13.8. The van der Waals surface area contributed by atoms with Crippen LogP contribution in [-0.2, 0) is 9.92 Å². The summed E-state index contributed by atoms with van der Waals surface area (Å²) in [4.78, 5) is 12.0. The predicted octanol–water partition coefficient (Wildman–Crippen LogP) is 4.71. The van der Waals surface area contributed by atoms with E-state index in [-0.39, 0.29) is 10.5 Å². The van der Waals surface area contributed by atoms with E-state index in [1.807, 2.05) is 25.1 Å². The Kier molecular flexibility index (Phi) is 8.04. The molecular formula is C21H29N3O4S. The maximum Gasteiger partial charge on any atom is 0.335 e. The highest BCUT2D eigenvalue weighted by Gasteiger charge is 2.27. The van der Waals surface area contributed by atoms with E-state index in [0.717, 1.165) is 12.8 Å². The summed E-state index contributed by atoms with van der Waals surface area (Å²) in [5, 5.41) is 12.9. The van der Waals surface area contributed by atoms with E-state index in [0.29, 0.717) is 30.3 Å². The summed E-state index contributed by atoms with van der Waals surface area (Å²) in [6.07, 6.45) is 1.88. The monoisotopic (exact) mass is 419 g/mol. The first kappa shape index (κ1) is 22.7. The van der Waals surface area contributed by atoms with Crippen LogP contribution in [0.15, 0.2) is 51.7 Å². The Hall–Kier alpha value is -2.58. The minimum absolute atomic E-state index is 0.0280. The molecule has 2 rings (SSSR count). The van der Waals surface area contributed by atoms with Crippen molar-refractivity contribution in [3.05, 3.63) is 48.0 Å². The predicted molar refractivity (Wildman–Crippen MR) is 116 cm³/mol. The number of rotatable bonds is 10. The number of ether oxygens (including phenoxy) is 1. The van der Waals surface area contributed by atoms with Gasteiger partial charge in [0.05, 0.1) is 11.3 Å². The van der Waals surface area contributed by atoms with Gasteiger partial charge in [0, 0.05) is 27.2 Å². The molecule has 8 heteroatoms. The lowest BCUT2D eigenvalue weighted by atomic mass is 10.1. The smallest absolute Gasteiger partial charge is 0.335 e. The molecule has 158 valence electrons. The molecule has 0 aliphatic heterocycles. The second-order valence-corrected chi connectivity index (χ2v) is 8.90. The molecule has 0 saturated heterocycles. The van der Waals surface area contributed by atoms with Gasteiger partial charge >= 0.3 is 5.97 Å². The number of hydrogen-bond donors (Lipinski definition) is 2. The second kappa shape index (κ2) is 10.3. The number of carbonyl (C=O) groups is 1.